The lowest BCUT2D eigenvalue weighted by atomic mass is 9.96. The first-order chi connectivity index (χ1) is 8.90. The van der Waals surface area contributed by atoms with Gasteiger partial charge in [-0.2, -0.15) is 0 Å². The lowest BCUT2D eigenvalue weighted by Crippen LogP contribution is -2.42. The molecule has 1 atom stereocenters. The van der Waals surface area contributed by atoms with Gasteiger partial charge in [-0.05, 0) is 39.5 Å². The van der Waals surface area contributed by atoms with Gasteiger partial charge in [0.05, 0.1) is 6.54 Å². The van der Waals surface area contributed by atoms with Crippen molar-refractivity contribution in [2.24, 2.45) is 0 Å². The molecule has 1 aromatic heterocycles. The Morgan fingerprint density at radius 1 is 1.37 bits per heavy atom. The van der Waals surface area contributed by atoms with Crippen molar-refractivity contribution in [2.45, 2.75) is 45.1 Å². The van der Waals surface area contributed by atoms with Gasteiger partial charge in [-0.1, -0.05) is 0 Å². The maximum Gasteiger partial charge on any atom is 0.337 e. The number of fused-ring (bicyclic) bond motifs is 1. The van der Waals surface area contributed by atoms with Gasteiger partial charge in [-0.25, -0.2) is 14.8 Å². The van der Waals surface area contributed by atoms with E-state index in [0.717, 1.165) is 36.9 Å². The van der Waals surface area contributed by atoms with Gasteiger partial charge in [0.15, 0.2) is 5.60 Å². The number of carboxylic acid groups (broad SMARTS) is 1. The maximum absolute atomic E-state index is 10.9. The predicted octanol–water partition coefficient (Wildman–Crippen LogP) is 0.911. The molecule has 2 rings (SSSR count). The Labute approximate surface area is 111 Å². The second-order valence-electron chi connectivity index (χ2n) is 5.18. The topological polar surface area (TPSA) is 95.3 Å². The fraction of sp³-hybridized carbons (Fsp3) is 0.615. The van der Waals surface area contributed by atoms with E-state index in [1.165, 1.54) is 6.92 Å². The summed E-state index contributed by atoms with van der Waals surface area (Å²) in [6, 6.07) is 0. The van der Waals surface area contributed by atoms with E-state index in [9.17, 15) is 9.90 Å². The standard InChI is InChI=1S/C13H19N3O3/c1-8-15-10-6-4-3-5-9(10)11(16-8)14-7-13(2,19)12(17)18/h19H,3-7H2,1-2H3,(H,17,18)(H,14,15,16). The number of hydrogen-bond acceptors (Lipinski definition) is 5. The average molecular weight is 265 g/mol. The Morgan fingerprint density at radius 3 is 2.74 bits per heavy atom. The zero-order valence-electron chi connectivity index (χ0n) is 11.2. The third kappa shape index (κ3) is 3.01. The molecule has 1 aliphatic carbocycles. The van der Waals surface area contributed by atoms with E-state index in [1.54, 1.807) is 0 Å². The van der Waals surface area contributed by atoms with Crippen molar-refractivity contribution < 1.29 is 15.0 Å². The van der Waals surface area contributed by atoms with Crippen LogP contribution in [-0.2, 0) is 17.6 Å². The van der Waals surface area contributed by atoms with E-state index in [1.807, 2.05) is 6.92 Å². The SMILES string of the molecule is Cc1nc2c(c(NCC(C)(O)C(=O)O)n1)CCCC2. The summed E-state index contributed by atoms with van der Waals surface area (Å²) in [7, 11) is 0. The van der Waals surface area contributed by atoms with Crippen molar-refractivity contribution in [3.05, 3.63) is 17.1 Å². The highest BCUT2D eigenvalue weighted by Crippen LogP contribution is 2.25. The number of nitrogens with zero attached hydrogens (tertiary/aromatic N) is 2. The maximum atomic E-state index is 10.9. The van der Waals surface area contributed by atoms with Crippen LogP contribution in [0.25, 0.3) is 0 Å². The minimum absolute atomic E-state index is 0.0781. The summed E-state index contributed by atoms with van der Waals surface area (Å²) in [5.41, 5.74) is 0.287. The molecule has 0 saturated heterocycles. The molecule has 0 fully saturated rings. The Balaban J connectivity index is 2.21. The number of anilines is 1. The molecule has 1 unspecified atom stereocenters. The summed E-state index contributed by atoms with van der Waals surface area (Å²) in [6.07, 6.45) is 4.04. The van der Waals surface area contributed by atoms with Gasteiger partial charge >= 0.3 is 5.97 Å². The van der Waals surface area contributed by atoms with E-state index >= 15 is 0 Å². The van der Waals surface area contributed by atoms with E-state index in [2.05, 4.69) is 15.3 Å². The van der Waals surface area contributed by atoms with E-state index in [-0.39, 0.29) is 6.54 Å². The highest BCUT2D eigenvalue weighted by Gasteiger charge is 2.30. The quantitative estimate of drug-likeness (QED) is 0.749. The molecule has 0 saturated carbocycles. The molecule has 19 heavy (non-hydrogen) atoms. The number of aromatic nitrogens is 2. The van der Waals surface area contributed by atoms with Crippen LogP contribution in [0.4, 0.5) is 5.82 Å². The Hall–Kier alpha value is -1.69. The van der Waals surface area contributed by atoms with Crippen molar-refractivity contribution in [3.63, 3.8) is 0 Å². The van der Waals surface area contributed by atoms with Crippen LogP contribution in [-0.4, -0.2) is 38.3 Å². The van der Waals surface area contributed by atoms with Crippen LogP contribution >= 0.6 is 0 Å². The van der Waals surface area contributed by atoms with Gasteiger partial charge in [-0.3, -0.25) is 0 Å². The first-order valence-corrected chi connectivity index (χ1v) is 6.46. The zero-order chi connectivity index (χ0) is 14.0. The normalized spacial score (nSPS) is 17.4. The molecule has 6 nitrogen and oxygen atoms in total. The van der Waals surface area contributed by atoms with Gasteiger partial charge in [0.2, 0.25) is 0 Å². The van der Waals surface area contributed by atoms with Crippen LogP contribution < -0.4 is 5.32 Å². The molecule has 0 aliphatic heterocycles. The molecule has 104 valence electrons. The van der Waals surface area contributed by atoms with Crippen LogP contribution in [0, 0.1) is 6.92 Å². The molecule has 6 heteroatoms. The van der Waals surface area contributed by atoms with Crippen LogP contribution in [0.3, 0.4) is 0 Å². The molecule has 0 aromatic carbocycles. The van der Waals surface area contributed by atoms with Crippen molar-refractivity contribution in [1.82, 2.24) is 9.97 Å². The third-order valence-corrected chi connectivity index (χ3v) is 3.36. The summed E-state index contributed by atoms with van der Waals surface area (Å²) in [4.78, 5) is 19.6. The van der Waals surface area contributed by atoms with Gasteiger partial charge in [0.1, 0.15) is 11.6 Å². The van der Waals surface area contributed by atoms with Gasteiger partial charge in [0.25, 0.3) is 0 Å². The van der Waals surface area contributed by atoms with Gasteiger partial charge in [-0.15, -0.1) is 0 Å². The largest absolute Gasteiger partial charge is 0.479 e. The summed E-state index contributed by atoms with van der Waals surface area (Å²) in [5.74, 6) is 0.0708. The van der Waals surface area contributed by atoms with E-state index in [4.69, 9.17) is 5.11 Å². The summed E-state index contributed by atoms with van der Waals surface area (Å²) >= 11 is 0. The van der Waals surface area contributed by atoms with Crippen molar-refractivity contribution >= 4 is 11.8 Å². The predicted molar refractivity (Wildman–Crippen MR) is 70.2 cm³/mol. The number of rotatable bonds is 4. The second-order valence-corrected chi connectivity index (χ2v) is 5.18. The van der Waals surface area contributed by atoms with E-state index in [0.29, 0.717) is 11.6 Å². The monoisotopic (exact) mass is 265 g/mol. The van der Waals surface area contributed by atoms with Crippen molar-refractivity contribution in [1.29, 1.82) is 0 Å². The minimum atomic E-state index is -1.81. The highest BCUT2D eigenvalue weighted by molar-refractivity contribution is 5.77. The van der Waals surface area contributed by atoms with Gasteiger partial charge < -0.3 is 15.5 Å². The number of aliphatic hydroxyl groups is 1. The number of aliphatic carboxylic acids is 1. The fourth-order valence-electron chi connectivity index (χ4n) is 2.20. The summed E-state index contributed by atoms with van der Waals surface area (Å²) < 4.78 is 0. The van der Waals surface area contributed by atoms with Crippen molar-refractivity contribution in [3.8, 4) is 0 Å². The number of aryl methyl sites for hydroxylation is 2. The fourth-order valence-corrected chi connectivity index (χ4v) is 2.20. The van der Waals surface area contributed by atoms with E-state index < -0.39 is 11.6 Å². The number of carbonyl (C=O) groups is 1. The molecular weight excluding hydrogens is 246 g/mol. The van der Waals surface area contributed by atoms with Gasteiger partial charge in [0, 0.05) is 11.3 Å². The van der Waals surface area contributed by atoms with Crippen LogP contribution in [0.1, 0.15) is 36.8 Å². The summed E-state index contributed by atoms with van der Waals surface area (Å²) in [5, 5.41) is 21.6. The van der Waals surface area contributed by atoms with Crippen LogP contribution in [0.15, 0.2) is 0 Å². The molecule has 0 radical (unpaired) electrons. The molecule has 1 heterocycles. The second kappa shape index (κ2) is 5.13. The van der Waals surface area contributed by atoms with Crippen molar-refractivity contribution in [2.75, 3.05) is 11.9 Å². The number of nitrogens with one attached hydrogen (secondary N) is 1. The minimum Gasteiger partial charge on any atom is -0.479 e. The Bertz CT molecular complexity index is 500. The number of carboxylic acids is 1. The molecule has 0 bridgehead atoms. The lowest BCUT2D eigenvalue weighted by Gasteiger charge is -2.22. The summed E-state index contributed by atoms with van der Waals surface area (Å²) in [6.45, 7) is 3.00. The molecule has 0 spiro atoms. The number of hydrogen-bond donors (Lipinski definition) is 3. The smallest absolute Gasteiger partial charge is 0.337 e. The lowest BCUT2D eigenvalue weighted by molar-refractivity contribution is -0.155. The first kappa shape index (κ1) is 13.7. The average Bonchev–Trinajstić information content (AvgIpc) is 2.35. The molecule has 0 amide bonds. The van der Waals surface area contributed by atoms with Crippen LogP contribution in [0.2, 0.25) is 0 Å². The molecule has 1 aromatic rings. The molecule has 1 aliphatic rings. The Morgan fingerprint density at radius 2 is 2.05 bits per heavy atom. The third-order valence-electron chi connectivity index (χ3n) is 3.36. The first-order valence-electron chi connectivity index (χ1n) is 6.46. The molecule has 3 N–H and O–H groups in total. The highest BCUT2D eigenvalue weighted by atomic mass is 16.4. The van der Waals surface area contributed by atoms with Crippen LogP contribution in [0.5, 0.6) is 0 Å². The Kier molecular flexibility index (Phi) is 3.71. The molecular formula is C13H19N3O3. The zero-order valence-corrected chi connectivity index (χ0v) is 11.2.